The van der Waals surface area contributed by atoms with Crippen LogP contribution in [0.25, 0.3) is 0 Å². The minimum absolute atomic E-state index is 0.00261. The van der Waals surface area contributed by atoms with Gasteiger partial charge in [-0.1, -0.05) is 0 Å². The third-order valence-electron chi connectivity index (χ3n) is 7.73. The summed E-state index contributed by atoms with van der Waals surface area (Å²) >= 11 is 0. The quantitative estimate of drug-likeness (QED) is 0.716. The number of aromatic nitrogens is 1. The molecule has 0 unspecified atom stereocenters. The predicted octanol–water partition coefficient (Wildman–Crippen LogP) is 2.45. The molecule has 0 radical (unpaired) electrons. The molecule has 0 spiro atoms. The predicted molar refractivity (Wildman–Crippen MR) is 115 cm³/mol. The average molecular weight is 469 g/mol. The summed E-state index contributed by atoms with van der Waals surface area (Å²) in [5, 5.41) is 3.69. The molecule has 1 aromatic heterocycles. The van der Waals surface area contributed by atoms with Crippen LogP contribution in [0.3, 0.4) is 0 Å². The minimum atomic E-state index is -4.39. The van der Waals surface area contributed by atoms with Gasteiger partial charge in [-0.3, -0.25) is 4.79 Å². The number of hydrogen-bond acceptors (Lipinski definition) is 6. The molecule has 0 aromatic carbocycles. The number of fused-ring (bicyclic) bond motifs is 2. The Hall–Kier alpha value is -1.91. The number of carbonyl (C=O) groups excluding carboxylic acids is 1. The van der Waals surface area contributed by atoms with Crippen molar-refractivity contribution in [2.45, 2.75) is 68.6 Å². The highest BCUT2D eigenvalue weighted by Crippen LogP contribution is 2.38. The zero-order valence-corrected chi connectivity index (χ0v) is 18.8. The van der Waals surface area contributed by atoms with Crippen LogP contribution in [-0.4, -0.2) is 79.5 Å². The topological polar surface area (TPSA) is 66.9 Å². The molecule has 10 heteroatoms. The van der Waals surface area contributed by atoms with E-state index in [2.05, 4.69) is 10.3 Å². The first-order valence-corrected chi connectivity index (χ1v) is 11.8. The second-order valence-corrected chi connectivity index (χ2v) is 9.70. The number of nitrogens with one attached hydrogen (secondary N) is 1. The lowest BCUT2D eigenvalue weighted by atomic mass is 10.0. The molecular weight excluding hydrogens is 437 g/mol. The van der Waals surface area contributed by atoms with E-state index < -0.39 is 11.7 Å². The zero-order valence-electron chi connectivity index (χ0n) is 18.8. The van der Waals surface area contributed by atoms with Gasteiger partial charge in [-0.25, -0.2) is 4.98 Å². The molecule has 2 bridgehead atoms. The summed E-state index contributed by atoms with van der Waals surface area (Å²) in [6.45, 7) is 2.41. The Labute approximate surface area is 191 Å². The SMILES string of the molecule is CO[C@@H]1COCC[C@@H]1N[C@@H]1CC[C@H](C(=O)N2C[C@@H]3C[C@H]2CN3c2cc(C(F)(F)F)ccn2)C1. The van der Waals surface area contributed by atoms with Crippen LogP contribution in [0.1, 0.15) is 37.7 Å². The largest absolute Gasteiger partial charge is 0.416 e. The van der Waals surface area contributed by atoms with Crippen molar-refractivity contribution in [2.75, 3.05) is 38.3 Å². The number of amides is 1. The summed E-state index contributed by atoms with van der Waals surface area (Å²) in [5.74, 6) is 0.542. The Morgan fingerprint density at radius 1 is 1.21 bits per heavy atom. The van der Waals surface area contributed by atoms with Gasteiger partial charge >= 0.3 is 6.18 Å². The number of methoxy groups -OCH3 is 1. The Morgan fingerprint density at radius 2 is 2.06 bits per heavy atom. The van der Waals surface area contributed by atoms with Crippen LogP contribution in [0, 0.1) is 5.92 Å². The number of likely N-dealkylation sites (tertiary alicyclic amines) is 1. The van der Waals surface area contributed by atoms with Crippen LogP contribution in [0.4, 0.5) is 19.0 Å². The van der Waals surface area contributed by atoms with Gasteiger partial charge < -0.3 is 24.6 Å². The lowest BCUT2D eigenvalue weighted by Gasteiger charge is -2.36. The van der Waals surface area contributed by atoms with Crippen LogP contribution in [0.5, 0.6) is 0 Å². The smallest absolute Gasteiger partial charge is 0.379 e. The van der Waals surface area contributed by atoms with E-state index in [-0.39, 0.29) is 36.1 Å². The second-order valence-electron chi connectivity index (χ2n) is 9.70. The fraction of sp³-hybridized carbons (Fsp3) is 0.739. The summed E-state index contributed by atoms with van der Waals surface area (Å²) in [5.41, 5.74) is -0.687. The van der Waals surface area contributed by atoms with Gasteiger partial charge in [0.15, 0.2) is 0 Å². The number of carbonyl (C=O) groups is 1. The van der Waals surface area contributed by atoms with Crippen LogP contribution in [0.15, 0.2) is 18.3 Å². The molecule has 4 fully saturated rings. The lowest BCUT2D eigenvalue weighted by molar-refractivity contribution is -0.137. The molecule has 3 saturated heterocycles. The van der Waals surface area contributed by atoms with E-state index in [1.807, 2.05) is 9.80 Å². The van der Waals surface area contributed by atoms with Gasteiger partial charge in [-0.2, -0.15) is 13.2 Å². The number of anilines is 1. The van der Waals surface area contributed by atoms with E-state index >= 15 is 0 Å². The van der Waals surface area contributed by atoms with Gasteiger partial charge in [0.1, 0.15) is 5.82 Å². The van der Waals surface area contributed by atoms with Crippen molar-refractivity contribution in [2.24, 2.45) is 5.92 Å². The summed E-state index contributed by atoms with van der Waals surface area (Å²) in [7, 11) is 1.70. The number of nitrogens with zero attached hydrogens (tertiary/aromatic N) is 3. The van der Waals surface area contributed by atoms with Crippen molar-refractivity contribution >= 4 is 11.7 Å². The average Bonchev–Trinajstić information content (AvgIpc) is 3.54. The van der Waals surface area contributed by atoms with Crippen LogP contribution in [-0.2, 0) is 20.4 Å². The molecule has 5 rings (SSSR count). The highest BCUT2D eigenvalue weighted by atomic mass is 19.4. The van der Waals surface area contributed by atoms with Crippen molar-refractivity contribution in [1.82, 2.24) is 15.2 Å². The Morgan fingerprint density at radius 3 is 2.79 bits per heavy atom. The Kier molecular flexibility index (Phi) is 6.26. The van der Waals surface area contributed by atoms with Crippen LogP contribution in [0.2, 0.25) is 0 Å². The van der Waals surface area contributed by atoms with Crippen molar-refractivity contribution < 1.29 is 27.4 Å². The third kappa shape index (κ3) is 4.57. The molecule has 4 aliphatic rings. The van der Waals surface area contributed by atoms with E-state index in [4.69, 9.17) is 9.47 Å². The van der Waals surface area contributed by atoms with Gasteiger partial charge in [-0.15, -0.1) is 0 Å². The first-order chi connectivity index (χ1) is 15.8. The van der Waals surface area contributed by atoms with Gasteiger partial charge in [-0.05, 0) is 44.2 Å². The third-order valence-corrected chi connectivity index (χ3v) is 7.73. The summed E-state index contributed by atoms with van der Waals surface area (Å²) < 4.78 is 50.3. The highest BCUT2D eigenvalue weighted by molar-refractivity contribution is 5.80. The van der Waals surface area contributed by atoms with E-state index in [1.165, 1.54) is 6.20 Å². The number of pyridine rings is 1. The second kappa shape index (κ2) is 9.03. The maximum absolute atomic E-state index is 13.3. The highest BCUT2D eigenvalue weighted by Gasteiger charge is 2.48. The molecular formula is C23H31F3N4O3. The molecule has 6 atom stereocenters. The van der Waals surface area contributed by atoms with Crippen molar-refractivity contribution in [3.05, 3.63) is 23.9 Å². The van der Waals surface area contributed by atoms with E-state index in [0.717, 1.165) is 50.8 Å². The van der Waals surface area contributed by atoms with Crippen molar-refractivity contribution in [3.63, 3.8) is 0 Å². The Bertz CT molecular complexity index is 870. The van der Waals surface area contributed by atoms with Crippen molar-refractivity contribution in [3.8, 4) is 0 Å². The number of piperazine rings is 1. The summed E-state index contributed by atoms with van der Waals surface area (Å²) in [6, 6.07) is 2.72. The standard InChI is InChI=1S/C23H31F3N4O3/c1-32-20-13-33-7-5-19(20)28-16-3-2-14(8-16)22(31)30-12-17-10-18(30)11-29(17)21-9-15(4-6-27-21)23(24,25)26/h4,6,9,14,16-20,28H,2-3,5,7-8,10-13H2,1H3/t14-,16+,17-,18-,19-,20+/m0/s1. The van der Waals surface area contributed by atoms with Crippen LogP contribution >= 0.6 is 0 Å². The first kappa shape index (κ1) is 22.9. The zero-order chi connectivity index (χ0) is 23.2. The number of halogens is 3. The Balaban J connectivity index is 1.16. The number of alkyl halides is 3. The first-order valence-electron chi connectivity index (χ1n) is 11.8. The molecule has 1 saturated carbocycles. The van der Waals surface area contributed by atoms with Gasteiger partial charge in [0.2, 0.25) is 5.91 Å². The molecule has 182 valence electrons. The molecule has 1 amide bonds. The van der Waals surface area contributed by atoms with E-state index in [1.54, 1.807) is 7.11 Å². The fourth-order valence-corrected chi connectivity index (χ4v) is 6.00. The molecule has 1 aliphatic carbocycles. The van der Waals surface area contributed by atoms with E-state index in [9.17, 15) is 18.0 Å². The molecule has 7 nitrogen and oxygen atoms in total. The maximum Gasteiger partial charge on any atom is 0.416 e. The summed E-state index contributed by atoms with van der Waals surface area (Å²) in [4.78, 5) is 21.4. The number of rotatable bonds is 5. The monoisotopic (exact) mass is 468 g/mol. The maximum atomic E-state index is 13.3. The van der Waals surface area contributed by atoms with Gasteiger partial charge in [0.05, 0.1) is 30.4 Å². The van der Waals surface area contributed by atoms with Crippen molar-refractivity contribution in [1.29, 1.82) is 0 Å². The van der Waals surface area contributed by atoms with Crippen LogP contribution < -0.4 is 10.2 Å². The fourth-order valence-electron chi connectivity index (χ4n) is 6.00. The molecule has 4 heterocycles. The normalized spacial score (nSPS) is 34.3. The molecule has 1 aromatic rings. The van der Waals surface area contributed by atoms with E-state index in [0.29, 0.717) is 31.6 Å². The number of ether oxygens (including phenoxy) is 2. The molecule has 33 heavy (non-hydrogen) atoms. The molecule has 1 N–H and O–H groups in total. The van der Waals surface area contributed by atoms with Gasteiger partial charge in [0.25, 0.3) is 0 Å². The summed E-state index contributed by atoms with van der Waals surface area (Å²) in [6.07, 6.45) is 1.21. The molecule has 3 aliphatic heterocycles. The number of hydrogen-bond donors (Lipinski definition) is 1. The lowest BCUT2D eigenvalue weighted by Crippen LogP contribution is -2.51. The minimum Gasteiger partial charge on any atom is -0.379 e. The van der Waals surface area contributed by atoms with Gasteiger partial charge in [0, 0.05) is 51.0 Å².